The van der Waals surface area contributed by atoms with Gasteiger partial charge in [0.05, 0.1) is 5.57 Å². The number of nitrogens with one attached hydrogen (secondary N) is 1. The van der Waals surface area contributed by atoms with Gasteiger partial charge in [0, 0.05) is 19.8 Å². The Morgan fingerprint density at radius 2 is 2.55 bits per heavy atom. The summed E-state index contributed by atoms with van der Waals surface area (Å²) in [6, 6.07) is 0. The lowest BCUT2D eigenvalue weighted by Crippen LogP contribution is -2.23. The number of nitrogens with zero attached hydrogens (tertiary/aromatic N) is 1. The molecule has 0 saturated carbocycles. The SMILES string of the molecule is CNC(=O)C1=CC(C)CN=C1. The number of likely N-dealkylation sites (N-methyl/N-ethyl adjacent to an activating group) is 1. The van der Waals surface area contributed by atoms with Gasteiger partial charge in [-0.1, -0.05) is 13.0 Å². The van der Waals surface area contributed by atoms with Crippen LogP contribution in [0.2, 0.25) is 0 Å². The van der Waals surface area contributed by atoms with E-state index in [0.717, 1.165) is 6.54 Å². The molecule has 0 spiro atoms. The molecule has 1 rings (SSSR count). The smallest absolute Gasteiger partial charge is 0.252 e. The van der Waals surface area contributed by atoms with Gasteiger partial charge in [0.1, 0.15) is 0 Å². The van der Waals surface area contributed by atoms with E-state index >= 15 is 0 Å². The molecule has 3 heteroatoms. The average molecular weight is 152 g/mol. The zero-order chi connectivity index (χ0) is 8.27. The van der Waals surface area contributed by atoms with E-state index in [1.54, 1.807) is 13.3 Å². The van der Waals surface area contributed by atoms with Crippen LogP contribution < -0.4 is 5.32 Å². The molecule has 1 aliphatic rings. The zero-order valence-corrected chi connectivity index (χ0v) is 6.79. The molecule has 0 saturated heterocycles. The van der Waals surface area contributed by atoms with Crippen LogP contribution >= 0.6 is 0 Å². The van der Waals surface area contributed by atoms with Crippen LogP contribution in [0.4, 0.5) is 0 Å². The first-order valence-corrected chi connectivity index (χ1v) is 3.67. The largest absolute Gasteiger partial charge is 0.355 e. The van der Waals surface area contributed by atoms with Gasteiger partial charge in [-0.05, 0) is 5.92 Å². The van der Waals surface area contributed by atoms with Crippen LogP contribution in [0.1, 0.15) is 6.92 Å². The van der Waals surface area contributed by atoms with Crippen LogP contribution in [-0.2, 0) is 4.79 Å². The normalized spacial score (nSPS) is 22.7. The van der Waals surface area contributed by atoms with Crippen LogP contribution in [0.3, 0.4) is 0 Å². The molecule has 1 amide bonds. The summed E-state index contributed by atoms with van der Waals surface area (Å²) < 4.78 is 0. The highest BCUT2D eigenvalue weighted by Crippen LogP contribution is 2.07. The minimum Gasteiger partial charge on any atom is -0.355 e. The van der Waals surface area contributed by atoms with E-state index in [9.17, 15) is 4.79 Å². The highest BCUT2D eigenvalue weighted by molar-refractivity contribution is 6.12. The molecule has 1 atom stereocenters. The van der Waals surface area contributed by atoms with E-state index in [1.165, 1.54) is 0 Å². The van der Waals surface area contributed by atoms with Crippen molar-refractivity contribution >= 4 is 12.1 Å². The topological polar surface area (TPSA) is 41.5 Å². The molecule has 60 valence electrons. The lowest BCUT2D eigenvalue weighted by Gasteiger charge is -2.09. The molecule has 1 aliphatic heterocycles. The highest BCUT2D eigenvalue weighted by Gasteiger charge is 2.10. The molecule has 0 aliphatic carbocycles. The van der Waals surface area contributed by atoms with E-state index in [1.807, 2.05) is 13.0 Å². The first kappa shape index (κ1) is 7.98. The predicted molar refractivity (Wildman–Crippen MR) is 44.7 cm³/mol. The van der Waals surface area contributed by atoms with E-state index in [0.29, 0.717) is 11.5 Å². The quantitative estimate of drug-likeness (QED) is 0.579. The van der Waals surface area contributed by atoms with Crippen molar-refractivity contribution in [2.45, 2.75) is 6.92 Å². The highest BCUT2D eigenvalue weighted by atomic mass is 16.1. The number of carbonyl (C=O) groups excluding carboxylic acids is 1. The van der Waals surface area contributed by atoms with Crippen molar-refractivity contribution in [3.8, 4) is 0 Å². The van der Waals surface area contributed by atoms with Crippen LogP contribution in [0.15, 0.2) is 16.6 Å². The summed E-state index contributed by atoms with van der Waals surface area (Å²) in [5.41, 5.74) is 0.672. The third kappa shape index (κ3) is 1.90. The van der Waals surface area contributed by atoms with Gasteiger partial charge in [-0.3, -0.25) is 9.79 Å². The molecule has 0 radical (unpaired) electrons. The molecule has 1 heterocycles. The van der Waals surface area contributed by atoms with Gasteiger partial charge >= 0.3 is 0 Å². The maximum absolute atomic E-state index is 11.0. The number of amides is 1. The summed E-state index contributed by atoms with van der Waals surface area (Å²) in [5.74, 6) is 0.326. The number of hydrogen-bond donors (Lipinski definition) is 1. The van der Waals surface area contributed by atoms with E-state index in [2.05, 4.69) is 10.3 Å². The molecular weight excluding hydrogens is 140 g/mol. The molecule has 1 N–H and O–H groups in total. The van der Waals surface area contributed by atoms with Crippen molar-refractivity contribution in [2.24, 2.45) is 10.9 Å². The van der Waals surface area contributed by atoms with E-state index in [4.69, 9.17) is 0 Å². The third-order valence-corrected chi connectivity index (χ3v) is 1.58. The van der Waals surface area contributed by atoms with Crippen LogP contribution in [0, 0.1) is 5.92 Å². The number of aliphatic imine (C=N–C) groups is 1. The number of hydrogen-bond acceptors (Lipinski definition) is 2. The Bertz CT molecular complexity index is 218. The maximum atomic E-state index is 11.0. The zero-order valence-electron chi connectivity index (χ0n) is 6.79. The molecular formula is C8H12N2O. The number of carbonyl (C=O) groups is 1. The molecule has 0 aromatic carbocycles. The molecule has 1 unspecified atom stereocenters. The lowest BCUT2D eigenvalue weighted by atomic mass is 10.1. The Morgan fingerprint density at radius 3 is 3.09 bits per heavy atom. The second kappa shape index (κ2) is 3.32. The van der Waals surface area contributed by atoms with Gasteiger partial charge in [-0.2, -0.15) is 0 Å². The van der Waals surface area contributed by atoms with Gasteiger partial charge in [0.15, 0.2) is 0 Å². The van der Waals surface area contributed by atoms with Gasteiger partial charge in [0.2, 0.25) is 0 Å². The molecule has 11 heavy (non-hydrogen) atoms. The number of rotatable bonds is 1. The molecule has 3 nitrogen and oxygen atoms in total. The average Bonchev–Trinajstić information content (AvgIpc) is 2.03. The fraction of sp³-hybridized carbons (Fsp3) is 0.500. The van der Waals surface area contributed by atoms with E-state index in [-0.39, 0.29) is 5.91 Å². The van der Waals surface area contributed by atoms with Crippen molar-refractivity contribution < 1.29 is 4.79 Å². The monoisotopic (exact) mass is 152 g/mol. The Labute approximate surface area is 66.2 Å². The van der Waals surface area contributed by atoms with Gasteiger partial charge in [-0.25, -0.2) is 0 Å². The standard InChI is InChI=1S/C8H12N2O/c1-6-3-7(5-10-4-6)8(11)9-2/h3,5-6H,4H2,1-2H3,(H,9,11). The fourth-order valence-corrected chi connectivity index (χ4v) is 0.998. The summed E-state index contributed by atoms with van der Waals surface area (Å²) in [6.07, 6.45) is 3.56. The molecule has 0 fully saturated rings. The van der Waals surface area contributed by atoms with E-state index < -0.39 is 0 Å². The Balaban J connectivity index is 2.71. The summed E-state index contributed by atoms with van der Waals surface area (Å²) in [4.78, 5) is 15.1. The summed E-state index contributed by atoms with van der Waals surface area (Å²) in [6.45, 7) is 2.83. The Morgan fingerprint density at radius 1 is 1.82 bits per heavy atom. The first-order chi connectivity index (χ1) is 5.24. The van der Waals surface area contributed by atoms with Crippen molar-refractivity contribution in [1.82, 2.24) is 5.32 Å². The first-order valence-electron chi connectivity index (χ1n) is 3.67. The van der Waals surface area contributed by atoms with Crippen LogP contribution in [-0.4, -0.2) is 25.7 Å². The molecule has 0 aromatic heterocycles. The van der Waals surface area contributed by atoms with Gasteiger partial charge < -0.3 is 5.32 Å². The summed E-state index contributed by atoms with van der Waals surface area (Å²) in [7, 11) is 1.62. The summed E-state index contributed by atoms with van der Waals surface area (Å²) >= 11 is 0. The van der Waals surface area contributed by atoms with Crippen molar-refractivity contribution in [2.75, 3.05) is 13.6 Å². The Hall–Kier alpha value is -1.12. The van der Waals surface area contributed by atoms with Crippen LogP contribution in [0.5, 0.6) is 0 Å². The lowest BCUT2D eigenvalue weighted by molar-refractivity contribution is -0.116. The van der Waals surface area contributed by atoms with Gasteiger partial charge in [0.25, 0.3) is 5.91 Å². The predicted octanol–water partition coefficient (Wildman–Crippen LogP) is 0.379. The minimum atomic E-state index is -0.0553. The second-order valence-corrected chi connectivity index (χ2v) is 2.67. The maximum Gasteiger partial charge on any atom is 0.252 e. The third-order valence-electron chi connectivity index (χ3n) is 1.58. The molecule has 0 aromatic rings. The van der Waals surface area contributed by atoms with Crippen molar-refractivity contribution in [3.63, 3.8) is 0 Å². The van der Waals surface area contributed by atoms with Crippen molar-refractivity contribution in [3.05, 3.63) is 11.6 Å². The molecule has 0 bridgehead atoms. The second-order valence-electron chi connectivity index (χ2n) is 2.67. The number of dihydropyridines is 1. The minimum absolute atomic E-state index is 0.0553. The Kier molecular flexibility index (Phi) is 2.41. The van der Waals surface area contributed by atoms with Crippen molar-refractivity contribution in [1.29, 1.82) is 0 Å². The fourth-order valence-electron chi connectivity index (χ4n) is 0.998. The summed E-state index contributed by atoms with van der Waals surface area (Å²) in [5, 5.41) is 2.56. The van der Waals surface area contributed by atoms with Crippen LogP contribution in [0.25, 0.3) is 0 Å². The van der Waals surface area contributed by atoms with Gasteiger partial charge in [-0.15, -0.1) is 0 Å².